The molecule has 2 aromatic rings. The molecule has 6 nitrogen and oxygen atoms in total. The van der Waals surface area contributed by atoms with Crippen molar-refractivity contribution in [2.75, 3.05) is 7.05 Å². The maximum Gasteiger partial charge on any atom is 0.246 e. The quantitative estimate of drug-likeness (QED) is 0.906. The van der Waals surface area contributed by atoms with Crippen molar-refractivity contribution in [1.29, 1.82) is 0 Å². The van der Waals surface area contributed by atoms with Crippen LogP contribution in [0.25, 0.3) is 0 Å². The fourth-order valence-corrected chi connectivity index (χ4v) is 4.60. The molecule has 8 heteroatoms. The van der Waals surface area contributed by atoms with Crippen LogP contribution >= 0.6 is 11.3 Å². The number of rotatable bonds is 5. The van der Waals surface area contributed by atoms with Crippen LogP contribution in [0.5, 0.6) is 0 Å². The average Bonchev–Trinajstić information content (AvgIpc) is 2.92. The molecule has 0 spiro atoms. The number of sulfonamides is 1. The van der Waals surface area contributed by atoms with E-state index in [4.69, 9.17) is 4.42 Å². The minimum absolute atomic E-state index is 0.0622. The zero-order valence-electron chi connectivity index (χ0n) is 12.4. The summed E-state index contributed by atoms with van der Waals surface area (Å²) in [4.78, 5) is 5.07. The van der Waals surface area contributed by atoms with Crippen molar-refractivity contribution in [3.8, 4) is 0 Å². The van der Waals surface area contributed by atoms with Crippen LogP contribution in [-0.2, 0) is 23.2 Å². The minimum Gasteiger partial charge on any atom is -0.465 e. The van der Waals surface area contributed by atoms with Crippen molar-refractivity contribution in [3.63, 3.8) is 0 Å². The van der Waals surface area contributed by atoms with E-state index in [1.807, 2.05) is 6.92 Å². The Morgan fingerprint density at radius 2 is 2.00 bits per heavy atom. The lowest BCUT2D eigenvalue weighted by Crippen LogP contribution is -2.27. The normalized spacial score (nSPS) is 12.3. The highest BCUT2D eigenvalue weighted by molar-refractivity contribution is 7.89. The Labute approximate surface area is 128 Å². The molecular formula is C13H18N2O4S2. The van der Waals surface area contributed by atoms with Gasteiger partial charge in [0, 0.05) is 24.0 Å². The average molecular weight is 330 g/mol. The van der Waals surface area contributed by atoms with Crippen LogP contribution in [0.4, 0.5) is 0 Å². The molecular weight excluding hydrogens is 312 g/mol. The van der Waals surface area contributed by atoms with Crippen molar-refractivity contribution in [2.24, 2.45) is 0 Å². The molecule has 0 radical (unpaired) electrons. The first kappa shape index (κ1) is 16.2. The van der Waals surface area contributed by atoms with Crippen molar-refractivity contribution in [2.45, 2.75) is 38.8 Å². The summed E-state index contributed by atoms with van der Waals surface area (Å²) in [6, 6.07) is 0. The van der Waals surface area contributed by atoms with E-state index < -0.39 is 10.0 Å². The molecule has 0 bridgehead atoms. The van der Waals surface area contributed by atoms with Gasteiger partial charge in [-0.15, -0.1) is 11.3 Å². The molecule has 2 rings (SSSR count). The summed E-state index contributed by atoms with van der Waals surface area (Å²) in [5, 5.41) is 9.41. The lowest BCUT2D eigenvalue weighted by molar-refractivity contribution is 0.276. The predicted molar refractivity (Wildman–Crippen MR) is 79.6 cm³/mol. The zero-order chi connectivity index (χ0) is 15.8. The number of aromatic nitrogens is 1. The number of furan rings is 1. The van der Waals surface area contributed by atoms with E-state index in [1.54, 1.807) is 19.4 Å². The van der Waals surface area contributed by atoms with Gasteiger partial charge in [-0.3, -0.25) is 0 Å². The highest BCUT2D eigenvalue weighted by atomic mass is 32.2. The second-order valence-electron chi connectivity index (χ2n) is 4.80. The van der Waals surface area contributed by atoms with Gasteiger partial charge in [-0.2, -0.15) is 4.31 Å². The van der Waals surface area contributed by atoms with E-state index in [1.165, 1.54) is 22.7 Å². The van der Waals surface area contributed by atoms with Gasteiger partial charge in [0.2, 0.25) is 10.0 Å². The summed E-state index contributed by atoms with van der Waals surface area (Å²) in [6.07, 6.45) is 0. The Balaban J connectivity index is 2.40. The first-order valence-corrected chi connectivity index (χ1v) is 8.66. The third kappa shape index (κ3) is 2.89. The molecule has 0 fully saturated rings. The van der Waals surface area contributed by atoms with Crippen LogP contribution in [0.2, 0.25) is 0 Å². The highest BCUT2D eigenvalue weighted by Crippen LogP contribution is 2.30. The van der Waals surface area contributed by atoms with Gasteiger partial charge in [-0.25, -0.2) is 13.4 Å². The minimum atomic E-state index is -3.73. The Hall–Kier alpha value is -1.22. The Bertz CT molecular complexity index is 746. The van der Waals surface area contributed by atoms with Gasteiger partial charge in [0.25, 0.3) is 0 Å². The van der Waals surface area contributed by atoms with Crippen molar-refractivity contribution in [1.82, 2.24) is 9.29 Å². The topological polar surface area (TPSA) is 83.6 Å². The van der Waals surface area contributed by atoms with Gasteiger partial charge in [0.15, 0.2) is 0 Å². The van der Waals surface area contributed by atoms with Crippen LogP contribution in [0.1, 0.15) is 27.7 Å². The molecule has 0 aliphatic carbocycles. The van der Waals surface area contributed by atoms with Crippen LogP contribution < -0.4 is 0 Å². The molecule has 0 aliphatic heterocycles. The number of aliphatic hydroxyl groups is 1. The third-order valence-electron chi connectivity index (χ3n) is 3.36. The summed E-state index contributed by atoms with van der Waals surface area (Å²) >= 11 is 1.42. The van der Waals surface area contributed by atoms with E-state index >= 15 is 0 Å². The van der Waals surface area contributed by atoms with E-state index in [0.29, 0.717) is 17.1 Å². The molecule has 0 unspecified atom stereocenters. The molecule has 2 heterocycles. The van der Waals surface area contributed by atoms with Crippen LogP contribution in [-0.4, -0.2) is 29.9 Å². The predicted octanol–water partition coefficient (Wildman–Crippen LogP) is 1.97. The number of hydrogen-bond donors (Lipinski definition) is 1. The fraction of sp³-hybridized carbons (Fsp3) is 0.462. The highest BCUT2D eigenvalue weighted by Gasteiger charge is 2.30. The van der Waals surface area contributed by atoms with Crippen LogP contribution in [0, 0.1) is 20.8 Å². The number of aliphatic hydroxyl groups excluding tert-OH is 1. The van der Waals surface area contributed by atoms with E-state index in [9.17, 15) is 13.5 Å². The smallest absolute Gasteiger partial charge is 0.246 e. The Morgan fingerprint density at radius 3 is 2.52 bits per heavy atom. The maximum atomic E-state index is 12.7. The van der Waals surface area contributed by atoms with E-state index in [2.05, 4.69) is 4.98 Å². The molecule has 0 aliphatic rings. The lowest BCUT2D eigenvalue weighted by Gasteiger charge is -2.17. The maximum absolute atomic E-state index is 12.7. The first-order valence-electron chi connectivity index (χ1n) is 6.34. The van der Waals surface area contributed by atoms with Gasteiger partial charge in [0.05, 0.1) is 17.8 Å². The molecule has 0 amide bonds. The first-order chi connectivity index (χ1) is 9.78. The number of thiazole rings is 1. The Morgan fingerprint density at radius 1 is 1.33 bits per heavy atom. The monoisotopic (exact) mass is 330 g/mol. The lowest BCUT2D eigenvalue weighted by atomic mass is 10.2. The molecule has 21 heavy (non-hydrogen) atoms. The second-order valence-corrected chi connectivity index (χ2v) is 7.72. The summed E-state index contributed by atoms with van der Waals surface area (Å²) in [5.74, 6) is 0.723. The summed E-state index contributed by atoms with van der Waals surface area (Å²) in [5.41, 5.74) is 2.84. The van der Waals surface area contributed by atoms with E-state index in [-0.39, 0.29) is 18.0 Å². The molecule has 0 saturated carbocycles. The molecule has 2 aromatic heterocycles. The molecule has 0 saturated heterocycles. The SMILES string of the molecule is Cc1ncsc1CN(C)S(=O)(=O)c1c(C)oc(C)c1CO. The van der Waals surface area contributed by atoms with Crippen molar-refractivity contribution < 1.29 is 17.9 Å². The molecule has 116 valence electrons. The number of aryl methyl sites for hydroxylation is 3. The summed E-state index contributed by atoms with van der Waals surface area (Å²) in [7, 11) is -2.21. The van der Waals surface area contributed by atoms with Gasteiger partial charge >= 0.3 is 0 Å². The van der Waals surface area contributed by atoms with E-state index in [0.717, 1.165) is 10.6 Å². The summed E-state index contributed by atoms with van der Waals surface area (Å²) < 4.78 is 32.1. The van der Waals surface area contributed by atoms with Gasteiger partial charge < -0.3 is 9.52 Å². The van der Waals surface area contributed by atoms with Gasteiger partial charge in [-0.05, 0) is 20.8 Å². The standard InChI is InChI=1S/C13H18N2O4S2/c1-8-12(20-7-14-8)5-15(4)21(17,18)13-10(3)19-9(2)11(13)6-16/h7,16H,5-6H2,1-4H3. The Kier molecular flexibility index (Phi) is 4.52. The summed E-state index contributed by atoms with van der Waals surface area (Å²) in [6.45, 7) is 4.95. The fourth-order valence-electron chi connectivity index (χ4n) is 2.15. The third-order valence-corrected chi connectivity index (χ3v) is 6.28. The second kappa shape index (κ2) is 5.88. The number of hydrogen-bond acceptors (Lipinski definition) is 6. The van der Waals surface area contributed by atoms with Gasteiger partial charge in [-0.1, -0.05) is 0 Å². The zero-order valence-corrected chi connectivity index (χ0v) is 14.0. The number of nitrogens with zero attached hydrogens (tertiary/aromatic N) is 2. The molecule has 1 N–H and O–H groups in total. The van der Waals surface area contributed by atoms with Crippen LogP contribution in [0.15, 0.2) is 14.8 Å². The van der Waals surface area contributed by atoms with Crippen molar-refractivity contribution in [3.05, 3.63) is 33.2 Å². The molecule has 0 aromatic carbocycles. The molecule has 0 atom stereocenters. The van der Waals surface area contributed by atoms with Gasteiger partial charge in [0.1, 0.15) is 16.4 Å². The van der Waals surface area contributed by atoms with Crippen LogP contribution in [0.3, 0.4) is 0 Å². The van der Waals surface area contributed by atoms with Crippen molar-refractivity contribution >= 4 is 21.4 Å². The largest absolute Gasteiger partial charge is 0.465 e.